The fourth-order valence-electron chi connectivity index (χ4n) is 1.70. The average Bonchev–Trinajstić information content (AvgIpc) is 2.94. The summed E-state index contributed by atoms with van der Waals surface area (Å²) in [5, 5.41) is 8.29. The van der Waals surface area contributed by atoms with Gasteiger partial charge in [0.05, 0.1) is 12.1 Å². The Morgan fingerprint density at radius 1 is 1.61 bits per heavy atom. The lowest BCUT2D eigenvalue weighted by atomic mass is 10.4. The van der Waals surface area contributed by atoms with Crippen LogP contribution in [-0.2, 0) is 4.74 Å². The van der Waals surface area contributed by atoms with E-state index < -0.39 is 5.97 Å². The van der Waals surface area contributed by atoms with Gasteiger partial charge in [0.2, 0.25) is 5.69 Å². The molecule has 0 aliphatic heterocycles. The van der Waals surface area contributed by atoms with Crippen molar-refractivity contribution in [2.24, 2.45) is 0 Å². The van der Waals surface area contributed by atoms with Crippen LogP contribution < -0.4 is 5.56 Å². The minimum atomic E-state index is -0.599. The van der Waals surface area contributed by atoms with Gasteiger partial charge in [0.25, 0.3) is 5.56 Å². The molecule has 3 aromatic rings. The summed E-state index contributed by atoms with van der Waals surface area (Å²) in [7, 11) is 0. The summed E-state index contributed by atoms with van der Waals surface area (Å²) in [4.78, 5) is 27.3. The quantitative estimate of drug-likeness (QED) is 0.692. The Kier molecular flexibility index (Phi) is 2.37. The Balaban J connectivity index is 2.34. The summed E-state index contributed by atoms with van der Waals surface area (Å²) in [6, 6.07) is 1.77. The molecule has 3 aromatic heterocycles. The van der Waals surface area contributed by atoms with Crippen molar-refractivity contribution >= 4 is 33.2 Å². The summed E-state index contributed by atoms with van der Waals surface area (Å²) in [5.41, 5.74) is 0.483. The number of hydrogen-bond acceptors (Lipinski definition) is 6. The van der Waals surface area contributed by atoms with Crippen molar-refractivity contribution in [1.29, 1.82) is 0 Å². The predicted molar refractivity (Wildman–Crippen MR) is 64.9 cm³/mol. The second-order valence-corrected chi connectivity index (χ2v) is 4.41. The van der Waals surface area contributed by atoms with E-state index >= 15 is 0 Å². The Morgan fingerprint density at radius 2 is 2.44 bits per heavy atom. The Morgan fingerprint density at radius 3 is 3.22 bits per heavy atom. The number of ether oxygens (including phenoxy) is 1. The van der Waals surface area contributed by atoms with Crippen molar-refractivity contribution < 1.29 is 9.53 Å². The van der Waals surface area contributed by atoms with Gasteiger partial charge in [-0.3, -0.25) is 4.79 Å². The number of hydrogen-bond donors (Lipinski definition) is 1. The number of carbonyl (C=O) groups is 1. The van der Waals surface area contributed by atoms with Crippen molar-refractivity contribution in [3.05, 3.63) is 27.5 Å². The SMILES string of the molecule is CCOC(=O)c1n[nH]n2c1nc(=O)c1sccc12. The molecule has 8 heteroatoms. The zero-order chi connectivity index (χ0) is 12.7. The first-order valence-electron chi connectivity index (χ1n) is 5.24. The number of H-pyrrole nitrogens is 1. The maximum Gasteiger partial charge on any atom is 0.362 e. The van der Waals surface area contributed by atoms with Crippen LogP contribution in [0, 0.1) is 0 Å². The topological polar surface area (TPSA) is 89.3 Å². The summed E-state index contributed by atoms with van der Waals surface area (Å²) in [5.74, 6) is -0.599. The minimum absolute atomic E-state index is 0.0158. The Hall–Kier alpha value is -2.22. The highest BCUT2D eigenvalue weighted by Gasteiger charge is 2.19. The predicted octanol–water partition coefficient (Wildman–Crippen LogP) is 0.809. The molecule has 18 heavy (non-hydrogen) atoms. The van der Waals surface area contributed by atoms with Gasteiger partial charge in [0.15, 0.2) is 5.65 Å². The first-order chi connectivity index (χ1) is 8.72. The van der Waals surface area contributed by atoms with E-state index in [0.29, 0.717) is 10.2 Å². The van der Waals surface area contributed by atoms with Crippen LogP contribution in [0.4, 0.5) is 0 Å². The van der Waals surface area contributed by atoms with Crippen LogP contribution in [-0.4, -0.2) is 32.4 Å². The number of aromatic amines is 1. The molecule has 3 heterocycles. The molecule has 0 aromatic carbocycles. The second-order valence-electron chi connectivity index (χ2n) is 3.49. The first kappa shape index (κ1) is 10.9. The van der Waals surface area contributed by atoms with E-state index in [1.165, 1.54) is 15.9 Å². The summed E-state index contributed by atoms with van der Waals surface area (Å²) < 4.78 is 6.87. The molecule has 1 N–H and O–H groups in total. The lowest BCUT2D eigenvalue weighted by Crippen LogP contribution is -2.11. The molecular formula is C10H8N4O3S. The highest BCUT2D eigenvalue weighted by atomic mass is 32.1. The summed E-state index contributed by atoms with van der Waals surface area (Å²) in [6.45, 7) is 1.94. The standard InChI is InChI=1S/C10H8N4O3S/c1-2-17-10(16)6-8-11-9(15)7-5(3-4-18-7)14(8)13-12-6/h3-4,13H,2H2,1H3. The summed E-state index contributed by atoms with van der Waals surface area (Å²) in [6.07, 6.45) is 0. The van der Waals surface area contributed by atoms with Crippen LogP contribution in [0.2, 0.25) is 0 Å². The third-order valence-electron chi connectivity index (χ3n) is 2.44. The van der Waals surface area contributed by atoms with Gasteiger partial charge in [-0.25, -0.2) is 14.5 Å². The Labute approximate surface area is 104 Å². The molecule has 0 bridgehead atoms. The van der Waals surface area contributed by atoms with Crippen molar-refractivity contribution in [3.63, 3.8) is 0 Å². The van der Waals surface area contributed by atoms with Crippen LogP contribution in [0.5, 0.6) is 0 Å². The monoisotopic (exact) mass is 264 g/mol. The lowest BCUT2D eigenvalue weighted by Gasteiger charge is -1.97. The molecule has 0 fully saturated rings. The van der Waals surface area contributed by atoms with E-state index in [9.17, 15) is 9.59 Å². The molecular weight excluding hydrogens is 256 g/mol. The molecule has 0 amide bonds. The fraction of sp³-hybridized carbons (Fsp3) is 0.200. The largest absolute Gasteiger partial charge is 0.461 e. The molecule has 92 valence electrons. The van der Waals surface area contributed by atoms with Gasteiger partial charge in [-0.15, -0.1) is 16.4 Å². The van der Waals surface area contributed by atoms with E-state index in [1.807, 2.05) is 0 Å². The van der Waals surface area contributed by atoms with Crippen molar-refractivity contribution in [2.45, 2.75) is 6.92 Å². The molecule has 7 nitrogen and oxygen atoms in total. The first-order valence-corrected chi connectivity index (χ1v) is 6.11. The van der Waals surface area contributed by atoms with E-state index in [2.05, 4.69) is 15.3 Å². The van der Waals surface area contributed by atoms with Gasteiger partial charge in [-0.2, -0.15) is 4.98 Å². The zero-order valence-electron chi connectivity index (χ0n) is 9.34. The van der Waals surface area contributed by atoms with Gasteiger partial charge in [0.1, 0.15) is 4.70 Å². The third-order valence-corrected chi connectivity index (χ3v) is 3.33. The molecule has 3 rings (SSSR count). The number of aromatic nitrogens is 4. The van der Waals surface area contributed by atoms with Crippen molar-refractivity contribution in [3.8, 4) is 0 Å². The van der Waals surface area contributed by atoms with Gasteiger partial charge in [0, 0.05) is 0 Å². The number of thiophene rings is 1. The fourth-order valence-corrected chi connectivity index (χ4v) is 2.46. The highest BCUT2D eigenvalue weighted by Crippen LogP contribution is 2.17. The van der Waals surface area contributed by atoms with Gasteiger partial charge in [-0.1, -0.05) is 0 Å². The molecule has 0 spiro atoms. The second kappa shape index (κ2) is 3.91. The van der Waals surface area contributed by atoms with Gasteiger partial charge < -0.3 is 4.74 Å². The normalized spacial score (nSPS) is 11.2. The highest BCUT2D eigenvalue weighted by molar-refractivity contribution is 7.17. The Bertz CT molecular complexity index is 800. The van der Waals surface area contributed by atoms with E-state index in [0.717, 1.165) is 0 Å². The average molecular weight is 264 g/mol. The number of nitrogens with zero attached hydrogens (tertiary/aromatic N) is 3. The number of esters is 1. The number of fused-ring (bicyclic) bond motifs is 3. The maximum atomic E-state index is 11.8. The van der Waals surface area contributed by atoms with Crippen molar-refractivity contribution in [1.82, 2.24) is 19.8 Å². The van der Waals surface area contributed by atoms with Crippen LogP contribution in [0.15, 0.2) is 16.2 Å². The van der Waals surface area contributed by atoms with Crippen LogP contribution >= 0.6 is 11.3 Å². The third kappa shape index (κ3) is 1.42. The molecule has 0 aliphatic rings. The molecule has 0 unspecified atom stereocenters. The van der Waals surface area contributed by atoms with E-state index in [-0.39, 0.29) is 23.5 Å². The van der Waals surface area contributed by atoms with Gasteiger partial charge in [-0.05, 0) is 18.4 Å². The number of rotatable bonds is 2. The molecule has 0 aliphatic carbocycles. The van der Waals surface area contributed by atoms with Crippen molar-refractivity contribution in [2.75, 3.05) is 6.61 Å². The van der Waals surface area contributed by atoms with Crippen LogP contribution in [0.25, 0.3) is 15.9 Å². The lowest BCUT2D eigenvalue weighted by molar-refractivity contribution is 0.0521. The molecule has 0 atom stereocenters. The van der Waals surface area contributed by atoms with Gasteiger partial charge >= 0.3 is 5.97 Å². The molecule has 0 radical (unpaired) electrons. The van der Waals surface area contributed by atoms with E-state index in [1.54, 1.807) is 18.4 Å². The molecule has 0 saturated heterocycles. The van der Waals surface area contributed by atoms with E-state index in [4.69, 9.17) is 4.74 Å². The number of nitrogens with one attached hydrogen (secondary N) is 1. The maximum absolute atomic E-state index is 11.8. The number of carbonyl (C=O) groups excluding carboxylic acids is 1. The minimum Gasteiger partial charge on any atom is -0.461 e. The molecule has 0 saturated carbocycles. The zero-order valence-corrected chi connectivity index (χ0v) is 10.2. The van der Waals surface area contributed by atoms with Crippen LogP contribution in [0.1, 0.15) is 17.4 Å². The van der Waals surface area contributed by atoms with Crippen LogP contribution in [0.3, 0.4) is 0 Å². The summed E-state index contributed by atoms with van der Waals surface area (Å²) >= 11 is 1.30. The smallest absolute Gasteiger partial charge is 0.362 e.